The van der Waals surface area contributed by atoms with Gasteiger partial charge >= 0.3 is 12.0 Å². The number of carboxylic acids is 1. The van der Waals surface area contributed by atoms with Gasteiger partial charge in [0.1, 0.15) is 0 Å². The van der Waals surface area contributed by atoms with E-state index in [1.807, 2.05) is 26.0 Å². The number of nitrogens with one attached hydrogen (secondary N) is 2. The lowest BCUT2D eigenvalue weighted by Gasteiger charge is -2.17. The highest BCUT2D eigenvalue weighted by Gasteiger charge is 2.20. The van der Waals surface area contributed by atoms with Gasteiger partial charge in [-0.05, 0) is 25.2 Å². The molecule has 1 aliphatic rings. The summed E-state index contributed by atoms with van der Waals surface area (Å²) >= 11 is 0. The standard InChI is InChI=1S/C13H22N2O3/c1-9(2)7-10(12(16)17)8-14-13(18)15-11-5-3-4-6-11/h3-4,9-11H,5-8H2,1-2H3,(H,16,17)(H2,14,15,18). The molecule has 3 N–H and O–H groups in total. The number of hydrogen-bond donors (Lipinski definition) is 3. The van der Waals surface area contributed by atoms with Gasteiger partial charge in [-0.25, -0.2) is 4.79 Å². The third-order valence-corrected chi connectivity index (χ3v) is 2.96. The molecule has 5 nitrogen and oxygen atoms in total. The Balaban J connectivity index is 2.27. The van der Waals surface area contributed by atoms with Crippen molar-refractivity contribution in [3.8, 4) is 0 Å². The van der Waals surface area contributed by atoms with E-state index in [0.29, 0.717) is 12.3 Å². The van der Waals surface area contributed by atoms with Crippen LogP contribution in [0.2, 0.25) is 0 Å². The molecule has 1 rings (SSSR count). The minimum atomic E-state index is -0.855. The van der Waals surface area contributed by atoms with Gasteiger partial charge in [0.25, 0.3) is 0 Å². The molecule has 1 aliphatic carbocycles. The topological polar surface area (TPSA) is 78.4 Å². The Bertz CT molecular complexity index is 318. The molecule has 0 aromatic rings. The highest BCUT2D eigenvalue weighted by Crippen LogP contribution is 2.11. The highest BCUT2D eigenvalue weighted by atomic mass is 16.4. The quantitative estimate of drug-likeness (QED) is 0.632. The average molecular weight is 254 g/mol. The normalized spacial score (nSPS) is 16.8. The Morgan fingerprint density at radius 3 is 2.44 bits per heavy atom. The predicted molar refractivity (Wildman–Crippen MR) is 69.3 cm³/mol. The summed E-state index contributed by atoms with van der Waals surface area (Å²) in [5, 5.41) is 14.5. The highest BCUT2D eigenvalue weighted by molar-refractivity contribution is 5.76. The molecule has 5 heteroatoms. The number of rotatable bonds is 6. The van der Waals surface area contributed by atoms with Crippen LogP contribution in [0, 0.1) is 11.8 Å². The monoisotopic (exact) mass is 254 g/mol. The van der Waals surface area contributed by atoms with E-state index < -0.39 is 11.9 Å². The van der Waals surface area contributed by atoms with Crippen LogP contribution >= 0.6 is 0 Å². The van der Waals surface area contributed by atoms with Gasteiger partial charge in [-0.3, -0.25) is 4.79 Å². The van der Waals surface area contributed by atoms with Crippen molar-refractivity contribution in [1.29, 1.82) is 0 Å². The Kier molecular flexibility index (Phi) is 5.68. The summed E-state index contributed by atoms with van der Waals surface area (Å²) in [5.41, 5.74) is 0. The van der Waals surface area contributed by atoms with Gasteiger partial charge in [-0.2, -0.15) is 0 Å². The van der Waals surface area contributed by atoms with E-state index in [0.717, 1.165) is 12.8 Å². The molecule has 0 saturated heterocycles. The predicted octanol–water partition coefficient (Wildman–Crippen LogP) is 1.75. The second kappa shape index (κ2) is 7.03. The van der Waals surface area contributed by atoms with Gasteiger partial charge in [-0.1, -0.05) is 26.0 Å². The van der Waals surface area contributed by atoms with Gasteiger partial charge in [0.05, 0.1) is 5.92 Å². The van der Waals surface area contributed by atoms with Crippen molar-refractivity contribution in [2.45, 2.75) is 39.2 Å². The molecule has 0 heterocycles. The average Bonchev–Trinajstić information content (AvgIpc) is 2.76. The smallest absolute Gasteiger partial charge is 0.315 e. The summed E-state index contributed by atoms with van der Waals surface area (Å²) in [6.07, 6.45) is 6.33. The first-order valence-corrected chi connectivity index (χ1v) is 6.41. The van der Waals surface area contributed by atoms with Gasteiger partial charge in [0.2, 0.25) is 0 Å². The summed E-state index contributed by atoms with van der Waals surface area (Å²) in [7, 11) is 0. The van der Waals surface area contributed by atoms with Crippen molar-refractivity contribution >= 4 is 12.0 Å². The van der Waals surface area contributed by atoms with Crippen LogP contribution in [0.15, 0.2) is 12.2 Å². The second-order valence-electron chi connectivity index (χ2n) is 5.16. The molecule has 2 amide bonds. The Morgan fingerprint density at radius 1 is 1.33 bits per heavy atom. The lowest BCUT2D eigenvalue weighted by molar-refractivity contribution is -0.142. The zero-order valence-electron chi connectivity index (χ0n) is 11.0. The van der Waals surface area contributed by atoms with E-state index in [-0.39, 0.29) is 18.6 Å². The number of aliphatic carboxylic acids is 1. The maximum absolute atomic E-state index is 11.6. The van der Waals surface area contributed by atoms with E-state index in [9.17, 15) is 9.59 Å². The summed E-state index contributed by atoms with van der Waals surface area (Å²) in [6.45, 7) is 4.12. The lowest BCUT2D eigenvalue weighted by atomic mass is 9.97. The number of hydrogen-bond acceptors (Lipinski definition) is 2. The van der Waals surface area contributed by atoms with Crippen molar-refractivity contribution in [2.75, 3.05) is 6.54 Å². The zero-order chi connectivity index (χ0) is 13.5. The zero-order valence-corrected chi connectivity index (χ0v) is 11.0. The fourth-order valence-electron chi connectivity index (χ4n) is 2.03. The molecule has 0 aromatic carbocycles. The minimum absolute atomic E-state index is 0.151. The number of carboxylic acid groups (broad SMARTS) is 1. The lowest BCUT2D eigenvalue weighted by Crippen LogP contribution is -2.43. The van der Waals surface area contributed by atoms with Crippen LogP contribution in [0.1, 0.15) is 33.1 Å². The molecule has 0 saturated carbocycles. The molecule has 0 radical (unpaired) electrons. The molecule has 0 spiro atoms. The Morgan fingerprint density at radius 2 is 1.94 bits per heavy atom. The first-order valence-electron chi connectivity index (χ1n) is 6.41. The van der Waals surface area contributed by atoms with Gasteiger partial charge in [0.15, 0.2) is 0 Å². The number of carbonyl (C=O) groups excluding carboxylic acids is 1. The van der Waals surface area contributed by atoms with Crippen molar-refractivity contribution in [1.82, 2.24) is 10.6 Å². The van der Waals surface area contributed by atoms with Crippen LogP contribution in [0.25, 0.3) is 0 Å². The first-order chi connectivity index (χ1) is 8.49. The van der Waals surface area contributed by atoms with Gasteiger partial charge in [-0.15, -0.1) is 0 Å². The maximum atomic E-state index is 11.6. The molecule has 102 valence electrons. The van der Waals surface area contributed by atoms with E-state index in [1.165, 1.54) is 0 Å². The molecular weight excluding hydrogens is 232 g/mol. The molecule has 0 aromatic heterocycles. The molecule has 0 fully saturated rings. The van der Waals surface area contributed by atoms with Gasteiger partial charge < -0.3 is 15.7 Å². The van der Waals surface area contributed by atoms with Crippen LogP contribution in [0.3, 0.4) is 0 Å². The van der Waals surface area contributed by atoms with E-state index in [2.05, 4.69) is 10.6 Å². The molecule has 0 aliphatic heterocycles. The largest absolute Gasteiger partial charge is 0.481 e. The van der Waals surface area contributed by atoms with E-state index in [4.69, 9.17) is 5.11 Å². The summed E-state index contributed by atoms with van der Waals surface area (Å²) in [4.78, 5) is 22.6. The van der Waals surface area contributed by atoms with Crippen LogP contribution < -0.4 is 10.6 Å². The van der Waals surface area contributed by atoms with E-state index in [1.54, 1.807) is 0 Å². The third-order valence-electron chi connectivity index (χ3n) is 2.96. The van der Waals surface area contributed by atoms with Crippen LogP contribution in [0.4, 0.5) is 4.79 Å². The van der Waals surface area contributed by atoms with Gasteiger partial charge in [0, 0.05) is 12.6 Å². The summed E-state index contributed by atoms with van der Waals surface area (Å²) < 4.78 is 0. The van der Waals surface area contributed by atoms with E-state index >= 15 is 0 Å². The van der Waals surface area contributed by atoms with Crippen molar-refractivity contribution in [3.63, 3.8) is 0 Å². The molecule has 0 bridgehead atoms. The SMILES string of the molecule is CC(C)CC(CNC(=O)NC1CC=CC1)C(=O)O. The number of amides is 2. The number of urea groups is 1. The molecular formula is C13H22N2O3. The molecule has 1 atom stereocenters. The number of carbonyl (C=O) groups is 2. The first kappa shape index (κ1) is 14.5. The Labute approximate surface area is 108 Å². The van der Waals surface area contributed by atoms with Crippen molar-refractivity contribution in [2.24, 2.45) is 11.8 Å². The van der Waals surface area contributed by atoms with Crippen LogP contribution in [-0.4, -0.2) is 29.7 Å². The maximum Gasteiger partial charge on any atom is 0.315 e. The minimum Gasteiger partial charge on any atom is -0.481 e. The summed E-state index contributed by atoms with van der Waals surface area (Å²) in [5.74, 6) is -1.07. The van der Waals surface area contributed by atoms with Crippen LogP contribution in [-0.2, 0) is 4.79 Å². The van der Waals surface area contributed by atoms with Crippen molar-refractivity contribution in [3.05, 3.63) is 12.2 Å². The second-order valence-corrected chi connectivity index (χ2v) is 5.16. The molecule has 1 unspecified atom stereocenters. The fourth-order valence-corrected chi connectivity index (χ4v) is 2.03. The fraction of sp³-hybridized carbons (Fsp3) is 0.692. The van der Waals surface area contributed by atoms with Crippen LogP contribution in [0.5, 0.6) is 0 Å². The Hall–Kier alpha value is -1.52. The molecule has 18 heavy (non-hydrogen) atoms. The summed E-state index contributed by atoms with van der Waals surface area (Å²) in [6, 6.07) is -0.128. The van der Waals surface area contributed by atoms with Crippen molar-refractivity contribution < 1.29 is 14.7 Å². The third kappa shape index (κ3) is 5.21.